The summed E-state index contributed by atoms with van der Waals surface area (Å²) in [4.78, 5) is 38.1. The standard InChI is InChI=1S/C67H120O6/c1-4-7-10-13-16-19-22-24-25-26-27-28-29-30-31-32-33-34-35-36-37-38-39-40-41-43-45-48-51-54-57-60-66(69)72-63-64(62-71-65(68)59-56-53-50-47-44-21-18-15-12-9-6-3)73-67(70)61-58-55-52-49-46-42-23-20-17-14-11-8-5-2/h7,10,15-16,18-19,24-25,27-28,64H,4-6,8-9,11-14,17,20-23,26,29-63H2,1-3H3/b10-7-,18-15-,19-16-,25-24-,28-27-. The van der Waals surface area contributed by atoms with Crippen LogP contribution in [0.15, 0.2) is 60.8 Å². The van der Waals surface area contributed by atoms with Crippen LogP contribution in [-0.4, -0.2) is 37.2 Å². The molecular weight excluding hydrogens is 901 g/mol. The summed E-state index contributed by atoms with van der Waals surface area (Å²) in [6, 6.07) is 0. The lowest BCUT2D eigenvalue weighted by molar-refractivity contribution is -0.167. The van der Waals surface area contributed by atoms with E-state index in [0.717, 1.165) is 89.9 Å². The lowest BCUT2D eigenvalue weighted by Gasteiger charge is -2.18. The van der Waals surface area contributed by atoms with Crippen LogP contribution in [0, 0.1) is 0 Å². The van der Waals surface area contributed by atoms with Gasteiger partial charge in [0.25, 0.3) is 0 Å². The fourth-order valence-electron chi connectivity index (χ4n) is 9.24. The molecule has 6 heteroatoms. The van der Waals surface area contributed by atoms with Crippen molar-refractivity contribution in [2.24, 2.45) is 0 Å². The Hall–Kier alpha value is -2.89. The topological polar surface area (TPSA) is 78.9 Å². The molecule has 0 aromatic carbocycles. The van der Waals surface area contributed by atoms with Crippen LogP contribution in [0.4, 0.5) is 0 Å². The van der Waals surface area contributed by atoms with Gasteiger partial charge in [-0.05, 0) is 77.0 Å². The fraction of sp³-hybridized carbons (Fsp3) is 0.806. The molecule has 0 spiro atoms. The van der Waals surface area contributed by atoms with E-state index in [1.165, 1.54) is 199 Å². The van der Waals surface area contributed by atoms with Gasteiger partial charge >= 0.3 is 17.9 Å². The summed E-state index contributed by atoms with van der Waals surface area (Å²) in [5.74, 6) is -0.864. The number of rotatable bonds is 58. The van der Waals surface area contributed by atoms with Crippen LogP contribution in [0.1, 0.15) is 329 Å². The van der Waals surface area contributed by atoms with E-state index in [4.69, 9.17) is 14.2 Å². The highest BCUT2D eigenvalue weighted by molar-refractivity contribution is 5.71. The van der Waals surface area contributed by atoms with Crippen LogP contribution in [0.5, 0.6) is 0 Å². The molecule has 0 saturated carbocycles. The van der Waals surface area contributed by atoms with Crippen molar-refractivity contribution in [2.45, 2.75) is 335 Å². The molecule has 0 fully saturated rings. The van der Waals surface area contributed by atoms with Gasteiger partial charge in [-0.1, -0.05) is 293 Å². The van der Waals surface area contributed by atoms with E-state index in [0.29, 0.717) is 19.3 Å². The second-order valence-electron chi connectivity index (χ2n) is 21.3. The van der Waals surface area contributed by atoms with E-state index in [9.17, 15) is 14.4 Å². The Morgan fingerprint density at radius 1 is 0.288 bits per heavy atom. The molecule has 0 aliphatic heterocycles. The summed E-state index contributed by atoms with van der Waals surface area (Å²) in [6.07, 6.45) is 78.2. The first-order chi connectivity index (χ1) is 36.0. The minimum atomic E-state index is -0.772. The number of ether oxygens (including phenoxy) is 3. The Morgan fingerprint density at radius 3 is 0.890 bits per heavy atom. The van der Waals surface area contributed by atoms with Crippen LogP contribution in [-0.2, 0) is 28.6 Å². The number of carbonyl (C=O) groups is 3. The SMILES string of the molecule is CC/C=C\C/C=C\C/C=C\C/C=C\CCCCCCCCCCCCCCCCCCCCC(=O)OCC(COC(=O)CCCCCCC/C=C\CCCC)OC(=O)CCCCCCCCCCCCCCC. The summed E-state index contributed by atoms with van der Waals surface area (Å²) in [6.45, 7) is 6.52. The predicted octanol–water partition coefficient (Wildman–Crippen LogP) is 21.6. The van der Waals surface area contributed by atoms with Crippen LogP contribution >= 0.6 is 0 Å². The van der Waals surface area contributed by atoms with Gasteiger partial charge in [-0.25, -0.2) is 0 Å². The second kappa shape index (κ2) is 61.7. The van der Waals surface area contributed by atoms with Crippen molar-refractivity contribution >= 4 is 17.9 Å². The quantitative estimate of drug-likeness (QED) is 0.0261. The molecule has 1 atom stereocenters. The number of hydrogen-bond acceptors (Lipinski definition) is 6. The highest BCUT2D eigenvalue weighted by Gasteiger charge is 2.19. The average Bonchev–Trinajstić information content (AvgIpc) is 3.39. The lowest BCUT2D eigenvalue weighted by atomic mass is 10.0. The normalized spacial score (nSPS) is 12.4. The number of unbranched alkanes of at least 4 members (excludes halogenated alkanes) is 37. The monoisotopic (exact) mass is 1020 g/mol. The zero-order chi connectivity index (χ0) is 52.9. The van der Waals surface area contributed by atoms with Crippen molar-refractivity contribution in [1.29, 1.82) is 0 Å². The first-order valence-corrected chi connectivity index (χ1v) is 31.8. The Labute approximate surface area is 453 Å². The summed E-state index contributed by atoms with van der Waals surface area (Å²) < 4.78 is 16.9. The van der Waals surface area contributed by atoms with Gasteiger partial charge in [0, 0.05) is 19.3 Å². The van der Waals surface area contributed by atoms with Crippen molar-refractivity contribution in [3.63, 3.8) is 0 Å². The number of esters is 3. The third-order valence-electron chi connectivity index (χ3n) is 14.0. The smallest absolute Gasteiger partial charge is 0.306 e. The highest BCUT2D eigenvalue weighted by Crippen LogP contribution is 2.17. The summed E-state index contributed by atoms with van der Waals surface area (Å²) in [7, 11) is 0. The minimum Gasteiger partial charge on any atom is -0.462 e. The van der Waals surface area contributed by atoms with Crippen molar-refractivity contribution in [2.75, 3.05) is 13.2 Å². The molecule has 0 radical (unpaired) electrons. The Bertz CT molecular complexity index is 1310. The molecule has 0 rings (SSSR count). The molecule has 0 aliphatic rings. The number of hydrogen-bond donors (Lipinski definition) is 0. The van der Waals surface area contributed by atoms with Gasteiger partial charge in [0.05, 0.1) is 0 Å². The molecular formula is C67H120O6. The van der Waals surface area contributed by atoms with E-state index < -0.39 is 6.10 Å². The second-order valence-corrected chi connectivity index (χ2v) is 21.3. The van der Waals surface area contributed by atoms with Gasteiger partial charge in [-0.15, -0.1) is 0 Å². The Morgan fingerprint density at radius 2 is 0.548 bits per heavy atom. The summed E-state index contributed by atoms with van der Waals surface area (Å²) >= 11 is 0. The summed E-state index contributed by atoms with van der Waals surface area (Å²) in [5, 5.41) is 0. The van der Waals surface area contributed by atoms with E-state index in [-0.39, 0.29) is 31.1 Å². The molecule has 73 heavy (non-hydrogen) atoms. The Balaban J connectivity index is 4.08. The van der Waals surface area contributed by atoms with Crippen LogP contribution in [0.3, 0.4) is 0 Å². The zero-order valence-electron chi connectivity index (χ0n) is 48.7. The number of allylic oxidation sites excluding steroid dienone is 10. The molecule has 6 nitrogen and oxygen atoms in total. The summed E-state index contributed by atoms with van der Waals surface area (Å²) in [5.41, 5.74) is 0. The third-order valence-corrected chi connectivity index (χ3v) is 14.0. The largest absolute Gasteiger partial charge is 0.462 e. The molecule has 0 bridgehead atoms. The maximum absolute atomic E-state index is 12.8. The first-order valence-electron chi connectivity index (χ1n) is 31.8. The van der Waals surface area contributed by atoms with E-state index >= 15 is 0 Å². The fourth-order valence-corrected chi connectivity index (χ4v) is 9.24. The van der Waals surface area contributed by atoms with Crippen LogP contribution in [0.2, 0.25) is 0 Å². The Kier molecular flexibility index (Phi) is 59.2. The molecule has 0 saturated heterocycles. The van der Waals surface area contributed by atoms with Crippen molar-refractivity contribution in [3.05, 3.63) is 60.8 Å². The first kappa shape index (κ1) is 70.1. The molecule has 0 aliphatic carbocycles. The minimum absolute atomic E-state index is 0.0715. The maximum Gasteiger partial charge on any atom is 0.306 e. The van der Waals surface area contributed by atoms with Gasteiger partial charge in [0.1, 0.15) is 13.2 Å². The van der Waals surface area contributed by atoms with Gasteiger partial charge in [-0.3, -0.25) is 14.4 Å². The molecule has 0 heterocycles. The third kappa shape index (κ3) is 59.9. The lowest BCUT2D eigenvalue weighted by Crippen LogP contribution is -2.30. The van der Waals surface area contributed by atoms with Crippen molar-refractivity contribution < 1.29 is 28.6 Å². The molecule has 0 aromatic heterocycles. The predicted molar refractivity (Wildman–Crippen MR) is 316 cm³/mol. The zero-order valence-corrected chi connectivity index (χ0v) is 48.7. The van der Waals surface area contributed by atoms with Crippen LogP contribution in [0.25, 0.3) is 0 Å². The molecule has 0 amide bonds. The highest BCUT2D eigenvalue weighted by atomic mass is 16.6. The van der Waals surface area contributed by atoms with Gasteiger partial charge in [0.2, 0.25) is 0 Å². The number of carbonyl (C=O) groups excluding carboxylic acids is 3. The van der Waals surface area contributed by atoms with Crippen molar-refractivity contribution in [1.82, 2.24) is 0 Å². The van der Waals surface area contributed by atoms with Crippen molar-refractivity contribution in [3.8, 4) is 0 Å². The van der Waals surface area contributed by atoms with Gasteiger partial charge < -0.3 is 14.2 Å². The maximum atomic E-state index is 12.8. The van der Waals surface area contributed by atoms with E-state index in [1.54, 1.807) is 0 Å². The van der Waals surface area contributed by atoms with E-state index in [1.807, 2.05) is 0 Å². The van der Waals surface area contributed by atoms with Gasteiger partial charge in [-0.2, -0.15) is 0 Å². The van der Waals surface area contributed by atoms with E-state index in [2.05, 4.69) is 81.5 Å². The van der Waals surface area contributed by atoms with Crippen LogP contribution < -0.4 is 0 Å². The molecule has 0 aromatic rings. The molecule has 0 N–H and O–H groups in total. The molecule has 424 valence electrons. The molecule has 1 unspecified atom stereocenters. The van der Waals surface area contributed by atoms with Gasteiger partial charge in [0.15, 0.2) is 6.10 Å². The average molecular weight is 1020 g/mol.